The molecule has 0 unspecified atom stereocenters. The number of amides is 2. The lowest BCUT2D eigenvalue weighted by molar-refractivity contribution is -0.113. The summed E-state index contributed by atoms with van der Waals surface area (Å²) in [6.45, 7) is 0. The van der Waals surface area contributed by atoms with Crippen molar-refractivity contribution in [2.45, 2.75) is 0 Å². The summed E-state index contributed by atoms with van der Waals surface area (Å²) in [5.41, 5.74) is 0.792. The average molecular weight is 384 g/mol. The third kappa shape index (κ3) is 4.59. The molecule has 0 fully saturated rings. The van der Waals surface area contributed by atoms with Crippen molar-refractivity contribution in [2.24, 2.45) is 0 Å². The molecule has 1 aromatic carbocycles. The van der Waals surface area contributed by atoms with Crippen molar-refractivity contribution in [3.8, 4) is 5.75 Å². The molecule has 5 nitrogen and oxygen atoms in total. The molecule has 26 heavy (non-hydrogen) atoms. The smallest absolute Gasteiger partial charge is 0.272 e. The van der Waals surface area contributed by atoms with Crippen LogP contribution in [0.25, 0.3) is 6.08 Å². The van der Waals surface area contributed by atoms with Gasteiger partial charge in [-0.1, -0.05) is 12.1 Å². The van der Waals surface area contributed by atoms with Gasteiger partial charge in [0.15, 0.2) is 0 Å². The molecule has 0 saturated carbocycles. The molecule has 0 aliphatic carbocycles. The summed E-state index contributed by atoms with van der Waals surface area (Å²) in [5, 5.41) is 9.21. The van der Waals surface area contributed by atoms with Crippen LogP contribution >= 0.6 is 22.7 Å². The Morgan fingerprint density at radius 1 is 1.00 bits per heavy atom. The number of hydrogen-bond donors (Lipinski definition) is 2. The fourth-order valence-corrected chi connectivity index (χ4v) is 3.41. The van der Waals surface area contributed by atoms with Gasteiger partial charge in [-0.25, -0.2) is 0 Å². The molecule has 2 amide bonds. The standard InChI is InChI=1S/C19H16N2O3S2/c1-24-14-8-6-13(7-9-14)20-18(22)16(12-15-4-2-10-25-15)21-19(23)17-5-3-11-26-17/h2-12H,1H3,(H,20,22)(H,21,23)/b16-12+. The summed E-state index contributed by atoms with van der Waals surface area (Å²) in [5.74, 6) is -0.00971. The molecule has 0 bridgehead atoms. The van der Waals surface area contributed by atoms with Gasteiger partial charge >= 0.3 is 0 Å². The number of ether oxygens (including phenoxy) is 1. The third-order valence-corrected chi connectivity index (χ3v) is 5.10. The van der Waals surface area contributed by atoms with Gasteiger partial charge in [-0.3, -0.25) is 9.59 Å². The highest BCUT2D eigenvalue weighted by Crippen LogP contribution is 2.18. The zero-order valence-electron chi connectivity index (χ0n) is 13.9. The summed E-state index contributed by atoms with van der Waals surface area (Å²) in [6, 6.07) is 14.2. The van der Waals surface area contributed by atoms with E-state index < -0.39 is 5.91 Å². The molecule has 0 spiro atoms. The Morgan fingerprint density at radius 3 is 2.35 bits per heavy atom. The normalized spacial score (nSPS) is 11.0. The van der Waals surface area contributed by atoms with Gasteiger partial charge in [-0.2, -0.15) is 0 Å². The second kappa shape index (κ2) is 8.46. The maximum absolute atomic E-state index is 12.7. The van der Waals surface area contributed by atoms with Crippen LogP contribution in [0.2, 0.25) is 0 Å². The molecule has 2 heterocycles. The topological polar surface area (TPSA) is 67.4 Å². The SMILES string of the molecule is COc1ccc(NC(=O)/C(=C\c2cccs2)NC(=O)c2cccs2)cc1. The molecule has 2 aromatic heterocycles. The number of methoxy groups -OCH3 is 1. The lowest BCUT2D eigenvalue weighted by Gasteiger charge is -2.10. The van der Waals surface area contributed by atoms with E-state index in [0.29, 0.717) is 16.3 Å². The van der Waals surface area contributed by atoms with Crippen molar-refractivity contribution in [3.05, 3.63) is 74.7 Å². The molecule has 3 aromatic rings. The van der Waals surface area contributed by atoms with Gasteiger partial charge in [0, 0.05) is 10.6 Å². The van der Waals surface area contributed by atoms with Gasteiger partial charge in [0.2, 0.25) is 0 Å². The summed E-state index contributed by atoms with van der Waals surface area (Å²) < 4.78 is 5.11. The van der Waals surface area contributed by atoms with E-state index >= 15 is 0 Å². The van der Waals surface area contributed by atoms with E-state index in [9.17, 15) is 9.59 Å². The monoisotopic (exact) mass is 384 g/mol. The number of carbonyl (C=O) groups is 2. The second-order valence-corrected chi connectivity index (χ2v) is 7.11. The Labute approximate surface area is 158 Å². The first-order valence-corrected chi connectivity index (χ1v) is 9.47. The first-order valence-electron chi connectivity index (χ1n) is 7.71. The van der Waals surface area contributed by atoms with E-state index in [1.54, 1.807) is 49.6 Å². The van der Waals surface area contributed by atoms with Crippen LogP contribution in [-0.4, -0.2) is 18.9 Å². The zero-order valence-corrected chi connectivity index (χ0v) is 15.5. The van der Waals surface area contributed by atoms with Gasteiger partial charge in [0.1, 0.15) is 11.4 Å². The molecule has 0 aliphatic heterocycles. The van der Waals surface area contributed by atoms with Crippen LogP contribution in [0.15, 0.2) is 65.0 Å². The molecular formula is C19H16N2O3S2. The van der Waals surface area contributed by atoms with Crippen LogP contribution in [0.3, 0.4) is 0 Å². The average Bonchev–Trinajstić information content (AvgIpc) is 3.35. The van der Waals surface area contributed by atoms with Crippen molar-refractivity contribution in [3.63, 3.8) is 0 Å². The maximum Gasteiger partial charge on any atom is 0.272 e. The highest BCUT2D eigenvalue weighted by molar-refractivity contribution is 7.12. The first-order chi connectivity index (χ1) is 12.7. The van der Waals surface area contributed by atoms with Gasteiger partial charge in [-0.05, 0) is 53.2 Å². The van der Waals surface area contributed by atoms with E-state index in [4.69, 9.17) is 4.74 Å². The Bertz CT molecular complexity index is 899. The van der Waals surface area contributed by atoms with E-state index in [1.807, 2.05) is 22.9 Å². The van der Waals surface area contributed by atoms with Crippen molar-refractivity contribution in [1.82, 2.24) is 5.32 Å². The molecule has 3 rings (SSSR count). The number of rotatable bonds is 6. The number of nitrogens with one attached hydrogen (secondary N) is 2. The lowest BCUT2D eigenvalue weighted by atomic mass is 10.2. The van der Waals surface area contributed by atoms with Gasteiger partial charge in [-0.15, -0.1) is 22.7 Å². The molecule has 0 atom stereocenters. The van der Waals surface area contributed by atoms with Gasteiger partial charge in [0.05, 0.1) is 12.0 Å². The summed E-state index contributed by atoms with van der Waals surface area (Å²) in [7, 11) is 1.58. The largest absolute Gasteiger partial charge is 0.497 e. The summed E-state index contributed by atoms with van der Waals surface area (Å²) in [4.78, 5) is 26.4. The number of carbonyl (C=O) groups excluding carboxylic acids is 2. The van der Waals surface area contributed by atoms with Crippen LogP contribution in [-0.2, 0) is 4.79 Å². The van der Waals surface area contributed by atoms with Crippen molar-refractivity contribution < 1.29 is 14.3 Å². The minimum absolute atomic E-state index is 0.182. The van der Waals surface area contributed by atoms with E-state index in [2.05, 4.69) is 10.6 Å². The minimum Gasteiger partial charge on any atom is -0.497 e. The number of hydrogen-bond acceptors (Lipinski definition) is 5. The quantitative estimate of drug-likeness (QED) is 0.625. The van der Waals surface area contributed by atoms with E-state index in [1.165, 1.54) is 22.7 Å². The highest BCUT2D eigenvalue weighted by atomic mass is 32.1. The number of anilines is 1. The van der Waals surface area contributed by atoms with E-state index in [0.717, 1.165) is 4.88 Å². The van der Waals surface area contributed by atoms with Gasteiger partial charge in [0.25, 0.3) is 11.8 Å². The Hall–Kier alpha value is -2.90. The van der Waals surface area contributed by atoms with E-state index in [-0.39, 0.29) is 11.6 Å². The molecule has 7 heteroatoms. The molecule has 2 N–H and O–H groups in total. The predicted molar refractivity (Wildman–Crippen MR) is 106 cm³/mol. The molecule has 0 radical (unpaired) electrons. The van der Waals surface area contributed by atoms with Crippen LogP contribution in [0.1, 0.15) is 14.5 Å². The Kier molecular flexibility index (Phi) is 5.83. The van der Waals surface area contributed by atoms with Gasteiger partial charge < -0.3 is 15.4 Å². The zero-order chi connectivity index (χ0) is 18.4. The first kappa shape index (κ1) is 17.9. The summed E-state index contributed by atoms with van der Waals surface area (Å²) >= 11 is 2.80. The van der Waals surface area contributed by atoms with Crippen LogP contribution in [0.5, 0.6) is 5.75 Å². The van der Waals surface area contributed by atoms with Crippen LogP contribution in [0.4, 0.5) is 5.69 Å². The Balaban J connectivity index is 1.79. The Morgan fingerprint density at radius 2 is 1.73 bits per heavy atom. The fourth-order valence-electron chi connectivity index (χ4n) is 2.14. The molecule has 132 valence electrons. The highest BCUT2D eigenvalue weighted by Gasteiger charge is 2.16. The number of benzene rings is 1. The lowest BCUT2D eigenvalue weighted by Crippen LogP contribution is -2.30. The van der Waals surface area contributed by atoms with Crippen molar-refractivity contribution in [1.29, 1.82) is 0 Å². The number of thiophene rings is 2. The fraction of sp³-hybridized carbons (Fsp3) is 0.0526. The van der Waals surface area contributed by atoms with Crippen molar-refractivity contribution >= 4 is 46.3 Å². The van der Waals surface area contributed by atoms with Crippen LogP contribution in [0, 0.1) is 0 Å². The maximum atomic E-state index is 12.7. The predicted octanol–water partition coefficient (Wildman–Crippen LogP) is 4.23. The molecular weight excluding hydrogens is 368 g/mol. The third-order valence-electron chi connectivity index (χ3n) is 3.42. The minimum atomic E-state index is -0.395. The van der Waals surface area contributed by atoms with Crippen molar-refractivity contribution in [2.75, 3.05) is 12.4 Å². The summed E-state index contributed by atoms with van der Waals surface area (Å²) in [6.07, 6.45) is 1.66. The van der Waals surface area contributed by atoms with Crippen LogP contribution < -0.4 is 15.4 Å². The molecule has 0 aliphatic rings. The molecule has 0 saturated heterocycles. The second-order valence-electron chi connectivity index (χ2n) is 5.19.